The molecule has 0 atom stereocenters. The molecule has 0 heterocycles. The first kappa shape index (κ1) is 16.3. The largest absolute Gasteiger partial charge is 0.491 e. The minimum absolute atomic E-state index is 0.0852. The quantitative estimate of drug-likeness (QED) is 0.657. The SMILES string of the molecule is Cc1ccc(CN=C(N)NC(C)(C)C)c(OC(C)C)c1. The van der Waals surface area contributed by atoms with Crippen LogP contribution in [0.1, 0.15) is 45.7 Å². The maximum absolute atomic E-state index is 5.89. The second-order valence-electron chi connectivity index (χ2n) is 6.35. The maximum atomic E-state index is 5.89. The van der Waals surface area contributed by atoms with Gasteiger partial charge in [-0.15, -0.1) is 0 Å². The summed E-state index contributed by atoms with van der Waals surface area (Å²) in [7, 11) is 0. The zero-order valence-corrected chi connectivity index (χ0v) is 13.4. The van der Waals surface area contributed by atoms with Gasteiger partial charge in [0.1, 0.15) is 5.75 Å². The van der Waals surface area contributed by atoms with Crippen LogP contribution in [0, 0.1) is 6.92 Å². The van der Waals surface area contributed by atoms with E-state index in [2.05, 4.69) is 44.1 Å². The Bertz CT molecular complexity index is 473. The lowest BCUT2D eigenvalue weighted by atomic mass is 10.1. The van der Waals surface area contributed by atoms with E-state index in [-0.39, 0.29) is 11.6 Å². The third kappa shape index (κ3) is 5.95. The van der Waals surface area contributed by atoms with E-state index in [1.807, 2.05) is 26.0 Å². The number of rotatable bonds is 4. The Hall–Kier alpha value is -1.71. The van der Waals surface area contributed by atoms with Gasteiger partial charge in [-0.25, -0.2) is 4.99 Å². The van der Waals surface area contributed by atoms with Crippen LogP contribution in [0.2, 0.25) is 0 Å². The minimum Gasteiger partial charge on any atom is -0.491 e. The molecule has 0 amide bonds. The summed E-state index contributed by atoms with van der Waals surface area (Å²) in [6, 6.07) is 6.14. The first-order valence-corrected chi connectivity index (χ1v) is 7.01. The van der Waals surface area contributed by atoms with Gasteiger partial charge in [0, 0.05) is 11.1 Å². The molecule has 20 heavy (non-hydrogen) atoms. The van der Waals surface area contributed by atoms with E-state index in [9.17, 15) is 0 Å². The lowest BCUT2D eigenvalue weighted by Crippen LogP contribution is -2.44. The Morgan fingerprint density at radius 1 is 1.35 bits per heavy atom. The van der Waals surface area contributed by atoms with Crippen molar-refractivity contribution in [2.75, 3.05) is 0 Å². The molecule has 0 aliphatic carbocycles. The van der Waals surface area contributed by atoms with Crippen molar-refractivity contribution in [2.45, 2.75) is 59.7 Å². The summed E-state index contributed by atoms with van der Waals surface area (Å²) >= 11 is 0. The smallest absolute Gasteiger partial charge is 0.189 e. The van der Waals surface area contributed by atoms with E-state index in [0.29, 0.717) is 12.5 Å². The van der Waals surface area contributed by atoms with Crippen molar-refractivity contribution < 1.29 is 4.74 Å². The summed E-state index contributed by atoms with van der Waals surface area (Å²) in [5, 5.41) is 3.15. The Balaban J connectivity index is 2.84. The number of hydrogen-bond donors (Lipinski definition) is 2. The molecule has 112 valence electrons. The predicted molar refractivity (Wildman–Crippen MR) is 85.2 cm³/mol. The third-order valence-electron chi connectivity index (χ3n) is 2.51. The van der Waals surface area contributed by atoms with E-state index in [1.165, 1.54) is 5.56 Å². The van der Waals surface area contributed by atoms with Gasteiger partial charge in [-0.2, -0.15) is 0 Å². The lowest BCUT2D eigenvalue weighted by Gasteiger charge is -2.21. The van der Waals surface area contributed by atoms with Crippen LogP contribution in [0.4, 0.5) is 0 Å². The zero-order valence-electron chi connectivity index (χ0n) is 13.4. The van der Waals surface area contributed by atoms with Crippen LogP contribution in [0.3, 0.4) is 0 Å². The molecule has 3 N–H and O–H groups in total. The van der Waals surface area contributed by atoms with Crippen LogP contribution >= 0.6 is 0 Å². The normalized spacial score (nSPS) is 12.7. The van der Waals surface area contributed by atoms with Crippen molar-refractivity contribution >= 4 is 5.96 Å². The molecule has 1 rings (SSSR count). The number of aryl methyl sites for hydroxylation is 1. The van der Waals surface area contributed by atoms with Crippen molar-refractivity contribution in [3.8, 4) is 5.75 Å². The fourth-order valence-electron chi connectivity index (χ4n) is 1.75. The number of guanidine groups is 1. The van der Waals surface area contributed by atoms with Gasteiger partial charge in [0.05, 0.1) is 12.6 Å². The molecule has 4 heteroatoms. The van der Waals surface area contributed by atoms with E-state index in [0.717, 1.165) is 11.3 Å². The van der Waals surface area contributed by atoms with Crippen LogP contribution in [-0.2, 0) is 6.54 Å². The standard InChI is InChI=1S/C16H27N3O/c1-11(2)20-14-9-12(3)7-8-13(14)10-18-15(17)19-16(4,5)6/h7-9,11H,10H2,1-6H3,(H3,17,18,19). The zero-order chi connectivity index (χ0) is 15.3. The lowest BCUT2D eigenvalue weighted by molar-refractivity contribution is 0.240. The van der Waals surface area contributed by atoms with E-state index in [1.54, 1.807) is 0 Å². The van der Waals surface area contributed by atoms with Crippen molar-refractivity contribution in [1.82, 2.24) is 5.32 Å². The topological polar surface area (TPSA) is 59.6 Å². The van der Waals surface area contributed by atoms with Gasteiger partial charge in [-0.3, -0.25) is 0 Å². The summed E-state index contributed by atoms with van der Waals surface area (Å²) in [6.07, 6.45) is 0.143. The summed E-state index contributed by atoms with van der Waals surface area (Å²) < 4.78 is 5.83. The van der Waals surface area contributed by atoms with Gasteiger partial charge in [0.2, 0.25) is 0 Å². The van der Waals surface area contributed by atoms with Crippen LogP contribution in [-0.4, -0.2) is 17.6 Å². The molecule has 0 spiro atoms. The molecule has 0 aromatic heterocycles. The molecular formula is C16H27N3O. The van der Waals surface area contributed by atoms with E-state index < -0.39 is 0 Å². The highest BCUT2D eigenvalue weighted by Gasteiger charge is 2.10. The van der Waals surface area contributed by atoms with Crippen molar-refractivity contribution in [3.63, 3.8) is 0 Å². The van der Waals surface area contributed by atoms with E-state index >= 15 is 0 Å². The van der Waals surface area contributed by atoms with E-state index in [4.69, 9.17) is 10.5 Å². The summed E-state index contributed by atoms with van der Waals surface area (Å²) in [4.78, 5) is 4.38. The molecule has 4 nitrogen and oxygen atoms in total. The summed E-state index contributed by atoms with van der Waals surface area (Å²) in [6.45, 7) is 12.8. The number of ether oxygens (including phenoxy) is 1. The molecule has 0 aliphatic rings. The number of aliphatic imine (C=N–C) groups is 1. The Labute approximate surface area is 122 Å². The Morgan fingerprint density at radius 3 is 2.55 bits per heavy atom. The molecule has 0 bridgehead atoms. The van der Waals surface area contributed by atoms with Gasteiger partial charge in [-0.05, 0) is 53.2 Å². The second kappa shape index (κ2) is 6.64. The molecule has 0 radical (unpaired) electrons. The van der Waals surface area contributed by atoms with Crippen molar-refractivity contribution in [1.29, 1.82) is 0 Å². The highest BCUT2D eigenvalue weighted by molar-refractivity contribution is 5.78. The summed E-state index contributed by atoms with van der Waals surface area (Å²) in [5.41, 5.74) is 8.02. The molecule has 0 saturated carbocycles. The van der Waals surface area contributed by atoms with Gasteiger partial charge in [0.25, 0.3) is 0 Å². The van der Waals surface area contributed by atoms with Crippen LogP contribution in [0.15, 0.2) is 23.2 Å². The molecule has 0 saturated heterocycles. The third-order valence-corrected chi connectivity index (χ3v) is 2.51. The maximum Gasteiger partial charge on any atom is 0.189 e. The predicted octanol–water partition coefficient (Wildman–Crippen LogP) is 2.99. The van der Waals surface area contributed by atoms with Gasteiger partial charge >= 0.3 is 0 Å². The average Bonchev–Trinajstić information content (AvgIpc) is 2.24. The van der Waals surface area contributed by atoms with Crippen LogP contribution in [0.25, 0.3) is 0 Å². The molecular weight excluding hydrogens is 250 g/mol. The van der Waals surface area contributed by atoms with Crippen molar-refractivity contribution in [2.24, 2.45) is 10.7 Å². The monoisotopic (exact) mass is 277 g/mol. The van der Waals surface area contributed by atoms with Gasteiger partial charge < -0.3 is 15.8 Å². The number of nitrogens with zero attached hydrogens (tertiary/aromatic N) is 1. The number of nitrogens with two attached hydrogens (primary N) is 1. The fraction of sp³-hybridized carbons (Fsp3) is 0.562. The van der Waals surface area contributed by atoms with Crippen LogP contribution in [0.5, 0.6) is 5.75 Å². The molecule has 0 fully saturated rings. The van der Waals surface area contributed by atoms with Crippen molar-refractivity contribution in [3.05, 3.63) is 29.3 Å². The average molecular weight is 277 g/mol. The highest BCUT2D eigenvalue weighted by atomic mass is 16.5. The van der Waals surface area contributed by atoms with Gasteiger partial charge in [-0.1, -0.05) is 12.1 Å². The Morgan fingerprint density at radius 2 is 2.00 bits per heavy atom. The molecule has 0 unspecified atom stereocenters. The first-order valence-electron chi connectivity index (χ1n) is 7.01. The first-order chi connectivity index (χ1) is 9.17. The van der Waals surface area contributed by atoms with Crippen LogP contribution < -0.4 is 15.8 Å². The number of nitrogens with one attached hydrogen (secondary N) is 1. The number of benzene rings is 1. The number of hydrogen-bond acceptors (Lipinski definition) is 2. The molecule has 1 aromatic carbocycles. The fourth-order valence-corrected chi connectivity index (χ4v) is 1.75. The summed E-state index contributed by atoms with van der Waals surface area (Å²) in [5.74, 6) is 1.33. The highest BCUT2D eigenvalue weighted by Crippen LogP contribution is 2.22. The Kier molecular flexibility index (Phi) is 5.43. The second-order valence-corrected chi connectivity index (χ2v) is 6.35. The molecule has 1 aromatic rings. The minimum atomic E-state index is -0.0852. The molecule has 0 aliphatic heterocycles. The van der Waals surface area contributed by atoms with Gasteiger partial charge in [0.15, 0.2) is 5.96 Å².